The maximum Gasteiger partial charge on any atom is 0.253 e. The first kappa shape index (κ1) is 20.1. The summed E-state index contributed by atoms with van der Waals surface area (Å²) in [4.78, 5) is 28.3. The minimum Gasteiger partial charge on any atom is -0.377 e. The SMILES string of the molecule is C[C@H]1CN(C(=O)c2cccc(-c3ccc(CC(=O)N(C)C)cc3)c2)CCCO1. The summed E-state index contributed by atoms with van der Waals surface area (Å²) in [5, 5.41) is 0. The van der Waals surface area contributed by atoms with E-state index in [4.69, 9.17) is 4.74 Å². The van der Waals surface area contributed by atoms with Crippen molar-refractivity contribution >= 4 is 11.8 Å². The van der Waals surface area contributed by atoms with Crippen LogP contribution in [-0.2, 0) is 16.0 Å². The smallest absolute Gasteiger partial charge is 0.253 e. The van der Waals surface area contributed by atoms with Crippen molar-refractivity contribution in [1.82, 2.24) is 9.80 Å². The van der Waals surface area contributed by atoms with Gasteiger partial charge >= 0.3 is 0 Å². The molecule has 0 bridgehead atoms. The zero-order valence-corrected chi connectivity index (χ0v) is 16.9. The molecule has 2 aromatic rings. The highest BCUT2D eigenvalue weighted by Crippen LogP contribution is 2.22. The molecule has 1 aliphatic heterocycles. The van der Waals surface area contributed by atoms with Gasteiger partial charge in [-0.2, -0.15) is 0 Å². The molecule has 1 fully saturated rings. The molecule has 0 spiro atoms. The number of rotatable bonds is 4. The number of likely N-dealkylation sites (N-methyl/N-ethyl adjacent to an activating group) is 1. The molecule has 3 rings (SSSR count). The second-order valence-electron chi connectivity index (χ2n) is 7.53. The summed E-state index contributed by atoms with van der Waals surface area (Å²) in [5.41, 5.74) is 3.70. The molecule has 5 heteroatoms. The van der Waals surface area contributed by atoms with Crippen molar-refractivity contribution in [1.29, 1.82) is 0 Å². The Morgan fingerprint density at radius 3 is 2.57 bits per heavy atom. The molecule has 5 nitrogen and oxygen atoms in total. The van der Waals surface area contributed by atoms with E-state index in [1.165, 1.54) is 0 Å². The fourth-order valence-corrected chi connectivity index (χ4v) is 3.34. The molecule has 0 N–H and O–H groups in total. The van der Waals surface area contributed by atoms with E-state index in [2.05, 4.69) is 0 Å². The molecule has 28 heavy (non-hydrogen) atoms. The molecule has 0 aliphatic carbocycles. The van der Waals surface area contributed by atoms with Crippen LogP contribution in [0.15, 0.2) is 48.5 Å². The van der Waals surface area contributed by atoms with Crippen LogP contribution >= 0.6 is 0 Å². The minimum absolute atomic E-state index is 0.0485. The largest absolute Gasteiger partial charge is 0.377 e. The Bertz CT molecular complexity index is 830. The van der Waals surface area contributed by atoms with Crippen LogP contribution in [0, 0.1) is 0 Å². The predicted octanol–water partition coefficient (Wildman–Crippen LogP) is 3.24. The lowest BCUT2D eigenvalue weighted by atomic mass is 10.0. The third-order valence-corrected chi connectivity index (χ3v) is 4.99. The topological polar surface area (TPSA) is 49.9 Å². The molecule has 0 saturated carbocycles. The van der Waals surface area contributed by atoms with Gasteiger partial charge in [0, 0.05) is 39.4 Å². The fourth-order valence-electron chi connectivity index (χ4n) is 3.34. The Morgan fingerprint density at radius 1 is 1.11 bits per heavy atom. The van der Waals surface area contributed by atoms with Gasteiger partial charge in [0.25, 0.3) is 5.91 Å². The number of hydrogen-bond donors (Lipinski definition) is 0. The van der Waals surface area contributed by atoms with Gasteiger partial charge in [-0.1, -0.05) is 36.4 Å². The first-order valence-corrected chi connectivity index (χ1v) is 9.74. The first-order valence-electron chi connectivity index (χ1n) is 9.74. The molecule has 0 radical (unpaired) electrons. The highest BCUT2D eigenvalue weighted by Gasteiger charge is 2.21. The molecule has 0 unspecified atom stereocenters. The van der Waals surface area contributed by atoms with Crippen LogP contribution in [0.3, 0.4) is 0 Å². The van der Waals surface area contributed by atoms with E-state index in [0.29, 0.717) is 25.1 Å². The van der Waals surface area contributed by atoms with E-state index < -0.39 is 0 Å². The molecule has 1 heterocycles. The fraction of sp³-hybridized carbons (Fsp3) is 0.391. The van der Waals surface area contributed by atoms with E-state index in [-0.39, 0.29) is 17.9 Å². The van der Waals surface area contributed by atoms with Crippen molar-refractivity contribution < 1.29 is 14.3 Å². The number of amides is 2. The van der Waals surface area contributed by atoms with Crippen molar-refractivity contribution in [3.63, 3.8) is 0 Å². The lowest BCUT2D eigenvalue weighted by Gasteiger charge is -2.22. The van der Waals surface area contributed by atoms with Gasteiger partial charge in [-0.25, -0.2) is 0 Å². The molecular formula is C23H28N2O3. The van der Waals surface area contributed by atoms with E-state index >= 15 is 0 Å². The van der Waals surface area contributed by atoms with Gasteiger partial charge in [0.2, 0.25) is 5.91 Å². The number of ether oxygens (including phenoxy) is 1. The summed E-state index contributed by atoms with van der Waals surface area (Å²) in [6, 6.07) is 15.7. The second kappa shape index (κ2) is 9.02. The number of carbonyl (C=O) groups is 2. The molecule has 2 aromatic carbocycles. The Balaban J connectivity index is 1.75. The normalized spacial score (nSPS) is 17.1. The summed E-state index contributed by atoms with van der Waals surface area (Å²) in [6.07, 6.45) is 1.32. The Morgan fingerprint density at radius 2 is 1.86 bits per heavy atom. The first-order chi connectivity index (χ1) is 13.4. The van der Waals surface area contributed by atoms with Gasteiger partial charge in [-0.05, 0) is 42.2 Å². The standard InChI is InChI=1S/C23H28N2O3/c1-17-16-25(12-5-13-28-17)23(27)21-7-4-6-20(15-21)19-10-8-18(9-11-19)14-22(26)24(2)3/h4,6-11,15,17H,5,12-14,16H2,1-3H3/t17-/m0/s1. The molecule has 148 valence electrons. The molecule has 1 aliphatic rings. The summed E-state index contributed by atoms with van der Waals surface area (Å²) >= 11 is 0. The summed E-state index contributed by atoms with van der Waals surface area (Å²) in [6.45, 7) is 4.05. The number of nitrogens with zero attached hydrogens (tertiary/aromatic N) is 2. The maximum atomic E-state index is 12.9. The summed E-state index contributed by atoms with van der Waals surface area (Å²) in [5.74, 6) is 0.128. The highest BCUT2D eigenvalue weighted by molar-refractivity contribution is 5.95. The van der Waals surface area contributed by atoms with Gasteiger partial charge in [0.15, 0.2) is 0 Å². The monoisotopic (exact) mass is 380 g/mol. The zero-order valence-electron chi connectivity index (χ0n) is 16.9. The quantitative estimate of drug-likeness (QED) is 0.818. The van der Waals surface area contributed by atoms with Gasteiger partial charge in [0.1, 0.15) is 0 Å². The van der Waals surface area contributed by atoms with Gasteiger partial charge < -0.3 is 14.5 Å². The van der Waals surface area contributed by atoms with Gasteiger partial charge in [-0.15, -0.1) is 0 Å². The Hall–Kier alpha value is -2.66. The third-order valence-electron chi connectivity index (χ3n) is 4.99. The molecular weight excluding hydrogens is 352 g/mol. The van der Waals surface area contributed by atoms with Gasteiger partial charge in [0.05, 0.1) is 12.5 Å². The molecule has 1 atom stereocenters. The molecule has 1 saturated heterocycles. The Kier molecular flexibility index (Phi) is 6.47. The molecule has 2 amide bonds. The lowest BCUT2D eigenvalue weighted by molar-refractivity contribution is -0.127. The zero-order chi connectivity index (χ0) is 20.1. The van der Waals surface area contributed by atoms with Crippen LogP contribution in [0.4, 0.5) is 0 Å². The van der Waals surface area contributed by atoms with Crippen LogP contribution < -0.4 is 0 Å². The van der Waals surface area contributed by atoms with E-state index in [0.717, 1.165) is 29.7 Å². The van der Waals surface area contributed by atoms with Crippen LogP contribution in [0.1, 0.15) is 29.3 Å². The van der Waals surface area contributed by atoms with Crippen molar-refractivity contribution in [2.45, 2.75) is 25.9 Å². The van der Waals surface area contributed by atoms with Crippen LogP contribution in [-0.4, -0.2) is 61.5 Å². The van der Waals surface area contributed by atoms with Crippen molar-refractivity contribution in [2.75, 3.05) is 33.8 Å². The van der Waals surface area contributed by atoms with E-state index in [9.17, 15) is 9.59 Å². The van der Waals surface area contributed by atoms with Crippen molar-refractivity contribution in [2.24, 2.45) is 0 Å². The second-order valence-corrected chi connectivity index (χ2v) is 7.53. The summed E-state index contributed by atoms with van der Waals surface area (Å²) in [7, 11) is 3.52. The van der Waals surface area contributed by atoms with Crippen LogP contribution in [0.5, 0.6) is 0 Å². The molecule has 0 aromatic heterocycles. The summed E-state index contributed by atoms with van der Waals surface area (Å²) < 4.78 is 5.64. The Labute approximate surface area is 166 Å². The lowest BCUT2D eigenvalue weighted by Crippen LogP contribution is -2.35. The average Bonchev–Trinajstić information content (AvgIpc) is 2.92. The van der Waals surface area contributed by atoms with E-state index in [1.807, 2.05) is 60.4 Å². The third kappa shape index (κ3) is 4.98. The van der Waals surface area contributed by atoms with Crippen molar-refractivity contribution in [3.05, 3.63) is 59.7 Å². The van der Waals surface area contributed by atoms with Crippen LogP contribution in [0.2, 0.25) is 0 Å². The highest BCUT2D eigenvalue weighted by atomic mass is 16.5. The maximum absolute atomic E-state index is 12.9. The predicted molar refractivity (Wildman–Crippen MR) is 110 cm³/mol. The minimum atomic E-state index is 0.0485. The van der Waals surface area contributed by atoms with Crippen molar-refractivity contribution in [3.8, 4) is 11.1 Å². The van der Waals surface area contributed by atoms with E-state index in [1.54, 1.807) is 19.0 Å². The average molecular weight is 380 g/mol. The number of hydrogen-bond acceptors (Lipinski definition) is 3. The van der Waals surface area contributed by atoms with Crippen LogP contribution in [0.25, 0.3) is 11.1 Å². The van der Waals surface area contributed by atoms with Gasteiger partial charge in [-0.3, -0.25) is 9.59 Å². The number of carbonyl (C=O) groups excluding carboxylic acids is 2. The number of benzene rings is 2.